The van der Waals surface area contributed by atoms with Crippen LogP contribution in [0.5, 0.6) is 0 Å². The largest absolute Gasteiger partial charge is 0.444 e. The molecule has 1 saturated heterocycles. The van der Waals surface area contributed by atoms with Gasteiger partial charge in [-0.3, -0.25) is 9.38 Å². The minimum Gasteiger partial charge on any atom is -0.444 e. The summed E-state index contributed by atoms with van der Waals surface area (Å²) in [7, 11) is 0. The first-order chi connectivity index (χ1) is 15.3. The Balaban J connectivity index is 1.40. The van der Waals surface area contributed by atoms with E-state index in [1.54, 1.807) is 0 Å². The van der Waals surface area contributed by atoms with Crippen molar-refractivity contribution in [1.82, 2.24) is 24.7 Å². The van der Waals surface area contributed by atoms with Crippen LogP contribution >= 0.6 is 22.6 Å². The molecule has 1 aliphatic carbocycles. The zero-order chi connectivity index (χ0) is 22.5. The second-order valence-electron chi connectivity index (χ2n) is 9.71. The summed E-state index contributed by atoms with van der Waals surface area (Å²) in [4.78, 5) is 28.5. The third kappa shape index (κ3) is 3.80. The number of alkyl carbamates (subject to hydrolysis) is 1. The van der Waals surface area contributed by atoms with Gasteiger partial charge in [-0.25, -0.2) is 14.8 Å². The highest BCUT2D eigenvalue weighted by molar-refractivity contribution is 14.1. The summed E-state index contributed by atoms with van der Waals surface area (Å²) in [6, 6.07) is 1.97. The molecule has 1 N–H and O–H groups in total. The fourth-order valence-electron chi connectivity index (χ4n) is 5.05. The molecule has 32 heavy (non-hydrogen) atoms. The van der Waals surface area contributed by atoms with Gasteiger partial charge < -0.3 is 15.0 Å². The van der Waals surface area contributed by atoms with E-state index >= 15 is 0 Å². The van der Waals surface area contributed by atoms with Crippen molar-refractivity contribution in [3.8, 4) is 0 Å². The summed E-state index contributed by atoms with van der Waals surface area (Å²) >= 11 is 2.27. The number of nitrogens with zero attached hydrogens (tertiary/aromatic N) is 5. The Kier molecular flexibility index (Phi) is 5.26. The van der Waals surface area contributed by atoms with E-state index in [9.17, 15) is 4.79 Å². The second-order valence-corrected chi connectivity index (χ2v) is 10.9. The molecule has 0 saturated carbocycles. The van der Waals surface area contributed by atoms with Gasteiger partial charge >= 0.3 is 6.09 Å². The van der Waals surface area contributed by atoms with Crippen molar-refractivity contribution in [2.75, 3.05) is 18.0 Å². The Labute approximate surface area is 200 Å². The van der Waals surface area contributed by atoms with Gasteiger partial charge in [-0.2, -0.15) is 0 Å². The van der Waals surface area contributed by atoms with E-state index < -0.39 is 5.60 Å². The predicted octanol–water partition coefficient (Wildman–Crippen LogP) is 4.14. The SMILES string of the molecule is CC(C)(C)OC(=O)N[C@@H]1c2cnccc2CC12CCN(c1ncc(I)c3nccn13)CC2. The summed E-state index contributed by atoms with van der Waals surface area (Å²) in [6.07, 6.45) is 11.8. The van der Waals surface area contributed by atoms with E-state index in [0.29, 0.717) is 0 Å². The monoisotopic (exact) mass is 546 g/mol. The van der Waals surface area contributed by atoms with Gasteiger partial charge in [-0.15, -0.1) is 0 Å². The van der Waals surface area contributed by atoms with Crippen LogP contribution in [0.2, 0.25) is 0 Å². The van der Waals surface area contributed by atoms with Crippen LogP contribution < -0.4 is 10.2 Å². The van der Waals surface area contributed by atoms with Gasteiger partial charge in [-0.1, -0.05) is 0 Å². The Morgan fingerprint density at radius 3 is 2.75 bits per heavy atom. The number of rotatable bonds is 2. The lowest BCUT2D eigenvalue weighted by Crippen LogP contribution is -2.48. The molecule has 3 aromatic heterocycles. The predicted molar refractivity (Wildman–Crippen MR) is 130 cm³/mol. The molecule has 9 heteroatoms. The molecular formula is C23H27IN6O2. The highest BCUT2D eigenvalue weighted by atomic mass is 127. The normalized spacial score (nSPS) is 19.9. The number of fused-ring (bicyclic) bond motifs is 2. The molecule has 0 bridgehead atoms. The minimum absolute atomic E-state index is 0.0595. The van der Waals surface area contributed by atoms with E-state index in [1.807, 2.05) is 51.8 Å². The lowest BCUT2D eigenvalue weighted by atomic mass is 9.73. The van der Waals surface area contributed by atoms with Crippen LogP contribution in [0, 0.1) is 8.99 Å². The summed E-state index contributed by atoms with van der Waals surface area (Å²) in [5, 5.41) is 3.19. The molecule has 4 heterocycles. The summed E-state index contributed by atoms with van der Waals surface area (Å²) < 4.78 is 8.68. The lowest BCUT2D eigenvalue weighted by Gasteiger charge is -2.43. The first kappa shape index (κ1) is 21.4. The van der Waals surface area contributed by atoms with Gasteiger partial charge in [0.15, 0.2) is 5.65 Å². The Bertz CT molecular complexity index is 1160. The molecule has 5 rings (SSSR count). The number of aromatic nitrogens is 4. The first-order valence-corrected chi connectivity index (χ1v) is 12.0. The third-order valence-corrected chi connectivity index (χ3v) is 7.24. The van der Waals surface area contributed by atoms with Gasteiger partial charge in [-0.05, 0) is 79.8 Å². The lowest BCUT2D eigenvalue weighted by molar-refractivity contribution is 0.0427. The smallest absolute Gasteiger partial charge is 0.408 e. The van der Waals surface area contributed by atoms with Crippen molar-refractivity contribution < 1.29 is 9.53 Å². The molecular weight excluding hydrogens is 519 g/mol. The van der Waals surface area contributed by atoms with Gasteiger partial charge in [0.1, 0.15) is 5.60 Å². The number of amides is 1. The van der Waals surface area contributed by atoms with Crippen LogP contribution in [-0.2, 0) is 11.2 Å². The molecule has 1 fully saturated rings. The zero-order valence-corrected chi connectivity index (χ0v) is 20.7. The standard InChI is InChI=1S/C23H27IN6O2/c1-22(2,3)32-21(31)28-18-16-13-25-7-4-15(16)12-23(18)5-9-29(10-6-23)20-27-14-17(24)19-26-8-11-30(19)20/h4,7-8,11,13-14,18H,5-6,9-10,12H2,1-3H3,(H,28,31)/t18-/m1/s1. The second kappa shape index (κ2) is 7.86. The molecule has 1 aliphatic heterocycles. The van der Waals surface area contributed by atoms with Gasteiger partial charge in [0.05, 0.1) is 9.61 Å². The van der Waals surface area contributed by atoms with E-state index in [2.05, 4.69) is 53.2 Å². The van der Waals surface area contributed by atoms with Crippen molar-refractivity contribution in [2.24, 2.45) is 5.41 Å². The highest BCUT2D eigenvalue weighted by Crippen LogP contribution is 2.52. The number of carbonyl (C=O) groups is 1. The summed E-state index contributed by atoms with van der Waals surface area (Å²) in [5.74, 6) is 0.918. The number of anilines is 1. The number of nitrogens with one attached hydrogen (secondary N) is 1. The fraction of sp³-hybridized carbons (Fsp3) is 0.478. The summed E-state index contributed by atoms with van der Waals surface area (Å²) in [6.45, 7) is 7.37. The molecule has 8 nitrogen and oxygen atoms in total. The van der Waals surface area contributed by atoms with Crippen molar-refractivity contribution in [1.29, 1.82) is 0 Å². The van der Waals surface area contributed by atoms with E-state index in [4.69, 9.17) is 9.72 Å². The fourth-order valence-corrected chi connectivity index (χ4v) is 5.59. The average molecular weight is 546 g/mol. The number of hydrogen-bond donors (Lipinski definition) is 1. The quantitative estimate of drug-likeness (QED) is 0.487. The number of piperidine rings is 1. The highest BCUT2D eigenvalue weighted by Gasteiger charge is 2.49. The van der Waals surface area contributed by atoms with Crippen LogP contribution in [0.15, 0.2) is 37.1 Å². The number of halogens is 1. The Morgan fingerprint density at radius 2 is 2.00 bits per heavy atom. The maximum Gasteiger partial charge on any atom is 0.408 e. The maximum atomic E-state index is 12.7. The molecule has 168 valence electrons. The molecule has 3 aromatic rings. The Hall–Kier alpha value is -2.43. The van der Waals surface area contributed by atoms with Gasteiger partial charge in [0, 0.05) is 49.5 Å². The maximum absolute atomic E-state index is 12.7. The van der Waals surface area contributed by atoms with Gasteiger partial charge in [0.2, 0.25) is 5.95 Å². The molecule has 0 unspecified atom stereocenters. The topological polar surface area (TPSA) is 84.6 Å². The molecule has 0 radical (unpaired) electrons. The number of imidazole rings is 1. The van der Waals surface area contributed by atoms with Crippen LogP contribution in [0.1, 0.15) is 50.8 Å². The van der Waals surface area contributed by atoms with E-state index in [0.717, 1.165) is 53.1 Å². The Morgan fingerprint density at radius 1 is 1.22 bits per heavy atom. The first-order valence-electron chi connectivity index (χ1n) is 10.9. The number of pyridine rings is 1. The summed E-state index contributed by atoms with van der Waals surface area (Å²) in [5.41, 5.74) is 2.70. The van der Waals surface area contributed by atoms with Crippen molar-refractivity contribution in [2.45, 2.75) is 51.7 Å². The number of ether oxygens (including phenoxy) is 1. The van der Waals surface area contributed by atoms with E-state index in [-0.39, 0.29) is 17.6 Å². The van der Waals surface area contributed by atoms with E-state index in [1.165, 1.54) is 5.56 Å². The van der Waals surface area contributed by atoms with Crippen molar-refractivity contribution in [3.05, 3.63) is 51.7 Å². The molecule has 1 amide bonds. The van der Waals surface area contributed by atoms with Crippen LogP contribution in [0.25, 0.3) is 5.65 Å². The number of carbonyl (C=O) groups excluding carboxylic acids is 1. The van der Waals surface area contributed by atoms with Crippen LogP contribution in [0.4, 0.5) is 10.7 Å². The molecule has 1 atom stereocenters. The molecule has 0 aromatic carbocycles. The minimum atomic E-state index is -0.538. The van der Waals surface area contributed by atoms with Crippen molar-refractivity contribution >= 4 is 40.3 Å². The van der Waals surface area contributed by atoms with Crippen molar-refractivity contribution in [3.63, 3.8) is 0 Å². The molecule has 1 spiro atoms. The average Bonchev–Trinajstić information content (AvgIpc) is 3.33. The van der Waals surface area contributed by atoms with Gasteiger partial charge in [0.25, 0.3) is 0 Å². The number of hydrogen-bond acceptors (Lipinski definition) is 6. The molecule has 2 aliphatic rings. The zero-order valence-electron chi connectivity index (χ0n) is 18.5. The van der Waals surface area contributed by atoms with Crippen LogP contribution in [-0.4, -0.2) is 44.1 Å². The third-order valence-electron chi connectivity index (χ3n) is 6.48. The van der Waals surface area contributed by atoms with Crippen LogP contribution in [0.3, 0.4) is 0 Å².